The van der Waals surface area contributed by atoms with Gasteiger partial charge in [0, 0.05) is 0 Å². The molecule has 0 aromatic carbocycles. The Labute approximate surface area is 220 Å². The molecule has 0 aliphatic carbocycles. The van der Waals surface area contributed by atoms with Crippen molar-refractivity contribution in [3.63, 3.8) is 0 Å². The molecule has 0 aromatic heterocycles. The number of carbonyl (C=O) groups excluding carboxylic acids is 2. The van der Waals surface area contributed by atoms with Gasteiger partial charge in [0.2, 0.25) is 0 Å². The summed E-state index contributed by atoms with van der Waals surface area (Å²) in [5.74, 6) is 1.15. The molecule has 0 aromatic rings. The molecule has 0 N–H and O–H groups in total. The summed E-state index contributed by atoms with van der Waals surface area (Å²) in [6, 6.07) is 1.66. The van der Waals surface area contributed by atoms with E-state index in [0.717, 1.165) is 25.7 Å². The standard InChI is InChI=1S/2C12H26N2.2CHO.Ru/c2*1-7-10(5)12(13-9(3)4)14-11(6)8-2;2*1-2;/h2*9-12H,7-8H2,1-6H3;2*1H;/q2*-2;2*-1;+6. The molecule has 0 fully saturated rings. The summed E-state index contributed by atoms with van der Waals surface area (Å²) >= 11 is 0. The molecule has 6 unspecified atom stereocenters. The Hall–Kier alpha value is -0.197. The Kier molecular flexibility index (Phi) is 38.8. The number of nitrogens with zero attached hydrogens (tertiary/aromatic N) is 4. The van der Waals surface area contributed by atoms with Crippen LogP contribution in [0.4, 0.5) is 0 Å². The molecule has 0 bridgehead atoms. The minimum absolute atomic E-state index is 0. The van der Waals surface area contributed by atoms with Crippen molar-refractivity contribution >= 4 is 13.6 Å². The normalized spacial score (nSPS) is 15.7. The maximum atomic E-state index is 7.75. The largest absolute Gasteiger partial charge is 6.00 e. The average molecular weight is 556 g/mol. The van der Waals surface area contributed by atoms with Gasteiger partial charge in [0.1, 0.15) is 0 Å². The van der Waals surface area contributed by atoms with Crippen molar-refractivity contribution in [2.45, 2.75) is 145 Å². The van der Waals surface area contributed by atoms with Gasteiger partial charge in [0.15, 0.2) is 0 Å². The van der Waals surface area contributed by atoms with Crippen LogP contribution in [0.1, 0.15) is 109 Å². The third-order valence-electron chi connectivity index (χ3n) is 5.20. The molecule has 6 nitrogen and oxygen atoms in total. The molecule has 0 aliphatic rings. The van der Waals surface area contributed by atoms with E-state index < -0.39 is 0 Å². The monoisotopic (exact) mass is 556 g/mol. The zero-order valence-corrected chi connectivity index (χ0v) is 25.3. The number of hydrogen-bond acceptors (Lipinski definition) is 2. The summed E-state index contributed by atoms with van der Waals surface area (Å²) in [6.45, 7) is 32.6. The second-order valence-corrected chi connectivity index (χ2v) is 8.90. The van der Waals surface area contributed by atoms with Crippen molar-refractivity contribution in [1.29, 1.82) is 0 Å². The molecular formula is C26H54N4O2Ru. The predicted molar refractivity (Wildman–Crippen MR) is 143 cm³/mol. The van der Waals surface area contributed by atoms with Gasteiger partial charge in [-0.15, -0.1) is 24.2 Å². The zero-order valence-electron chi connectivity index (χ0n) is 23.6. The van der Waals surface area contributed by atoms with Crippen molar-refractivity contribution < 1.29 is 29.1 Å². The first-order valence-corrected chi connectivity index (χ1v) is 12.3. The van der Waals surface area contributed by atoms with Crippen molar-refractivity contribution in [3.05, 3.63) is 21.3 Å². The van der Waals surface area contributed by atoms with Gasteiger partial charge in [-0.2, -0.15) is 0 Å². The van der Waals surface area contributed by atoms with Crippen LogP contribution in [0, 0.1) is 11.8 Å². The predicted octanol–water partition coefficient (Wildman–Crippen LogP) is 8.08. The van der Waals surface area contributed by atoms with E-state index in [9.17, 15) is 0 Å². The van der Waals surface area contributed by atoms with Gasteiger partial charge >= 0.3 is 19.5 Å². The molecular weight excluding hydrogens is 501 g/mol. The molecule has 198 valence electrons. The van der Waals surface area contributed by atoms with E-state index >= 15 is 0 Å². The van der Waals surface area contributed by atoms with E-state index in [-0.39, 0.29) is 31.8 Å². The van der Waals surface area contributed by atoms with E-state index in [0.29, 0.717) is 36.0 Å². The first-order chi connectivity index (χ1) is 15.0. The van der Waals surface area contributed by atoms with Gasteiger partial charge in [-0.1, -0.05) is 121 Å². The van der Waals surface area contributed by atoms with Crippen LogP contribution >= 0.6 is 0 Å². The topological polar surface area (TPSA) is 90.5 Å². The van der Waals surface area contributed by atoms with Gasteiger partial charge < -0.3 is 30.9 Å². The minimum atomic E-state index is 0. The van der Waals surface area contributed by atoms with Crippen molar-refractivity contribution in [2.24, 2.45) is 11.8 Å². The fraction of sp³-hybridized carbons (Fsp3) is 0.923. The summed E-state index contributed by atoms with van der Waals surface area (Å²) in [5, 5.41) is 18.8. The average Bonchev–Trinajstić information content (AvgIpc) is 2.79. The molecule has 6 atom stereocenters. The smallest absolute Gasteiger partial charge is 0.675 e. The molecule has 33 heavy (non-hydrogen) atoms. The van der Waals surface area contributed by atoms with Crippen molar-refractivity contribution in [1.82, 2.24) is 0 Å². The number of rotatable bonds is 14. The Morgan fingerprint density at radius 1 is 0.485 bits per heavy atom. The van der Waals surface area contributed by atoms with Gasteiger partial charge in [0.05, 0.1) is 0 Å². The molecule has 0 saturated heterocycles. The Balaban J connectivity index is -0.000000134. The molecule has 0 spiro atoms. The van der Waals surface area contributed by atoms with E-state index in [4.69, 9.17) is 20.2 Å². The summed E-state index contributed by atoms with van der Waals surface area (Å²) in [5.41, 5.74) is 0. The Morgan fingerprint density at radius 3 is 0.879 bits per heavy atom. The van der Waals surface area contributed by atoms with Gasteiger partial charge in [0.25, 0.3) is 0 Å². The molecule has 0 saturated carbocycles. The third-order valence-corrected chi connectivity index (χ3v) is 5.20. The van der Waals surface area contributed by atoms with E-state index in [1.54, 1.807) is 0 Å². The van der Waals surface area contributed by atoms with Crippen LogP contribution in [0.5, 0.6) is 0 Å². The van der Waals surface area contributed by atoms with E-state index in [1.165, 1.54) is 0 Å². The first-order valence-electron chi connectivity index (χ1n) is 12.3. The van der Waals surface area contributed by atoms with E-state index in [1.807, 2.05) is 0 Å². The Morgan fingerprint density at radius 2 is 0.727 bits per heavy atom. The van der Waals surface area contributed by atoms with Gasteiger partial charge in [-0.3, -0.25) is 13.6 Å². The van der Waals surface area contributed by atoms with Crippen LogP contribution < -0.4 is 0 Å². The zero-order chi connectivity index (χ0) is 26.3. The Bertz CT molecular complexity index is 342. The summed E-state index contributed by atoms with van der Waals surface area (Å²) in [6.07, 6.45) is 4.94. The first kappa shape index (κ1) is 42.9. The number of hydrogen-bond donors (Lipinski definition) is 0. The quantitative estimate of drug-likeness (QED) is 0.123. The molecule has 0 rings (SSSR count). The van der Waals surface area contributed by atoms with Crippen LogP contribution in [0.3, 0.4) is 0 Å². The maximum Gasteiger partial charge on any atom is 6.00 e. The fourth-order valence-electron chi connectivity index (χ4n) is 2.43. The molecule has 0 radical (unpaired) electrons. The van der Waals surface area contributed by atoms with Crippen molar-refractivity contribution in [3.8, 4) is 0 Å². The molecule has 0 aliphatic heterocycles. The minimum Gasteiger partial charge on any atom is -0.675 e. The van der Waals surface area contributed by atoms with Crippen LogP contribution in [-0.4, -0.2) is 50.1 Å². The SMILES string of the molecule is CCC(C)[N-]C([N-]C(C)C)C(C)CC.CCC(C)[N-]C([N-]C(C)C)C(C)CC.[CH-]=O.[CH-]=O.[Ru+6]. The fourth-order valence-corrected chi connectivity index (χ4v) is 2.43. The van der Waals surface area contributed by atoms with E-state index in [2.05, 4.69) is 107 Å². The molecule has 0 amide bonds. The van der Waals surface area contributed by atoms with Crippen molar-refractivity contribution in [2.75, 3.05) is 0 Å². The molecule has 0 heterocycles. The van der Waals surface area contributed by atoms with Crippen LogP contribution in [0.25, 0.3) is 21.3 Å². The van der Waals surface area contributed by atoms with Crippen LogP contribution in [0.15, 0.2) is 0 Å². The third kappa shape index (κ3) is 27.9. The van der Waals surface area contributed by atoms with Crippen LogP contribution in [0.2, 0.25) is 0 Å². The van der Waals surface area contributed by atoms with Gasteiger partial charge in [-0.25, -0.2) is 12.3 Å². The van der Waals surface area contributed by atoms with Crippen LogP contribution in [-0.2, 0) is 29.1 Å². The summed E-state index contributed by atoms with van der Waals surface area (Å²) < 4.78 is 0. The van der Waals surface area contributed by atoms with Gasteiger partial charge in [-0.05, 0) is 0 Å². The summed E-state index contributed by atoms with van der Waals surface area (Å²) in [4.78, 5) is 15.5. The maximum absolute atomic E-state index is 7.75. The molecule has 7 heteroatoms. The summed E-state index contributed by atoms with van der Waals surface area (Å²) in [7, 11) is 0. The second kappa shape index (κ2) is 29.8. The second-order valence-electron chi connectivity index (χ2n) is 8.90.